The van der Waals surface area contributed by atoms with Gasteiger partial charge in [-0.1, -0.05) is 12.1 Å². The highest BCUT2D eigenvalue weighted by molar-refractivity contribution is 5.75. The number of piperidine rings is 1. The summed E-state index contributed by atoms with van der Waals surface area (Å²) in [6.45, 7) is 7.32. The van der Waals surface area contributed by atoms with Gasteiger partial charge < -0.3 is 19.1 Å². The van der Waals surface area contributed by atoms with E-state index in [4.69, 9.17) is 4.74 Å². The number of methoxy groups -OCH3 is 1. The molecule has 2 aromatic rings. The molecule has 1 aliphatic heterocycles. The lowest BCUT2D eigenvalue weighted by molar-refractivity contribution is -0.132. The summed E-state index contributed by atoms with van der Waals surface area (Å²) in [6, 6.07) is 8.32. The van der Waals surface area contributed by atoms with E-state index < -0.39 is 0 Å². The third kappa shape index (κ3) is 5.83. The van der Waals surface area contributed by atoms with Crippen molar-refractivity contribution in [3.05, 3.63) is 48.5 Å². The third-order valence-electron chi connectivity index (χ3n) is 5.54. The Hall–Kier alpha value is -2.34. The van der Waals surface area contributed by atoms with Crippen LogP contribution in [0.2, 0.25) is 0 Å². The van der Waals surface area contributed by atoms with Gasteiger partial charge in [0.1, 0.15) is 12.3 Å². The van der Waals surface area contributed by atoms with Gasteiger partial charge in [-0.25, -0.2) is 4.98 Å². The van der Waals surface area contributed by atoms with Gasteiger partial charge in [-0.2, -0.15) is 0 Å². The second-order valence-electron chi connectivity index (χ2n) is 7.58. The lowest BCUT2D eigenvalue weighted by atomic mass is 9.96. The Kier molecular flexibility index (Phi) is 7.48. The minimum absolute atomic E-state index is 0.175. The second kappa shape index (κ2) is 10.3. The number of hydrogen-bond donors (Lipinski definition) is 0. The minimum Gasteiger partial charge on any atom is -0.497 e. The summed E-state index contributed by atoms with van der Waals surface area (Å²) in [6.07, 6.45) is 8.69. The van der Waals surface area contributed by atoms with Crippen LogP contribution < -0.4 is 4.74 Å². The summed E-state index contributed by atoms with van der Waals surface area (Å²) >= 11 is 0. The van der Waals surface area contributed by atoms with Gasteiger partial charge in [0, 0.05) is 38.6 Å². The molecule has 0 bridgehead atoms. The number of benzene rings is 1. The predicted octanol–water partition coefficient (Wildman–Crippen LogP) is 2.69. The zero-order chi connectivity index (χ0) is 19.8. The summed E-state index contributed by atoms with van der Waals surface area (Å²) in [5.74, 6) is 1.64. The molecule has 0 saturated carbocycles. The molecule has 1 saturated heterocycles. The van der Waals surface area contributed by atoms with Crippen LogP contribution in [0.4, 0.5) is 0 Å². The molecule has 0 radical (unpaired) electrons. The van der Waals surface area contributed by atoms with Crippen molar-refractivity contribution in [2.24, 2.45) is 5.92 Å². The zero-order valence-electron chi connectivity index (χ0n) is 17.1. The molecule has 1 aromatic heterocycles. The van der Waals surface area contributed by atoms with Crippen molar-refractivity contribution in [3.63, 3.8) is 0 Å². The van der Waals surface area contributed by atoms with E-state index in [2.05, 4.69) is 35.0 Å². The molecule has 6 nitrogen and oxygen atoms in total. The number of likely N-dealkylation sites (tertiary alicyclic amines) is 1. The monoisotopic (exact) mass is 384 g/mol. The normalized spacial score (nSPS) is 17.4. The van der Waals surface area contributed by atoms with Gasteiger partial charge in [0.05, 0.1) is 13.4 Å². The van der Waals surface area contributed by atoms with E-state index in [1.54, 1.807) is 19.6 Å². The van der Waals surface area contributed by atoms with Crippen molar-refractivity contribution in [2.45, 2.75) is 32.7 Å². The summed E-state index contributed by atoms with van der Waals surface area (Å²) in [5.41, 5.74) is 1.31. The highest BCUT2D eigenvalue weighted by Gasteiger charge is 2.23. The van der Waals surface area contributed by atoms with E-state index in [1.165, 1.54) is 18.4 Å². The van der Waals surface area contributed by atoms with Crippen LogP contribution in [0.1, 0.15) is 25.3 Å². The van der Waals surface area contributed by atoms with E-state index in [0.717, 1.165) is 44.9 Å². The van der Waals surface area contributed by atoms with Crippen molar-refractivity contribution >= 4 is 5.91 Å². The standard InChI is InChI=1S/C22H32N4O2/c1-3-26(22(27)17-25-13-10-23-18-25)16-20-7-5-11-24(15-20)12-9-19-6-4-8-21(14-19)28-2/h4,6,8,10,13-14,18,20H,3,5,7,9,11-12,15-17H2,1-2H3/t20-/m1/s1. The molecular weight excluding hydrogens is 352 g/mol. The lowest BCUT2D eigenvalue weighted by Crippen LogP contribution is -2.44. The van der Waals surface area contributed by atoms with Crippen molar-refractivity contribution in [3.8, 4) is 5.75 Å². The Morgan fingerprint density at radius 2 is 2.29 bits per heavy atom. The van der Waals surface area contributed by atoms with Crippen LogP contribution in [0.25, 0.3) is 0 Å². The minimum atomic E-state index is 0.175. The topological polar surface area (TPSA) is 50.6 Å². The smallest absolute Gasteiger partial charge is 0.242 e. The van der Waals surface area contributed by atoms with Crippen LogP contribution in [-0.2, 0) is 17.8 Å². The molecule has 0 aliphatic carbocycles. The van der Waals surface area contributed by atoms with Gasteiger partial charge in [0.15, 0.2) is 0 Å². The number of ether oxygens (including phenoxy) is 1. The average Bonchev–Trinajstić information content (AvgIpc) is 3.24. The van der Waals surface area contributed by atoms with Crippen LogP contribution >= 0.6 is 0 Å². The average molecular weight is 385 g/mol. The molecule has 2 heterocycles. The van der Waals surface area contributed by atoms with Gasteiger partial charge in [-0.3, -0.25) is 4.79 Å². The largest absolute Gasteiger partial charge is 0.497 e. The number of likely N-dealkylation sites (N-methyl/N-ethyl adjacent to an activating group) is 1. The third-order valence-corrected chi connectivity index (χ3v) is 5.54. The second-order valence-corrected chi connectivity index (χ2v) is 7.58. The number of carbonyl (C=O) groups excluding carboxylic acids is 1. The van der Waals surface area contributed by atoms with E-state index >= 15 is 0 Å². The molecule has 1 aliphatic rings. The highest BCUT2D eigenvalue weighted by Crippen LogP contribution is 2.19. The van der Waals surface area contributed by atoms with E-state index in [1.807, 2.05) is 21.7 Å². The Bertz CT molecular complexity index is 732. The van der Waals surface area contributed by atoms with E-state index in [9.17, 15) is 4.79 Å². The fourth-order valence-electron chi connectivity index (χ4n) is 3.97. The van der Waals surface area contributed by atoms with Crippen LogP contribution in [0.5, 0.6) is 5.75 Å². The van der Waals surface area contributed by atoms with Gasteiger partial charge in [0.2, 0.25) is 5.91 Å². The quantitative estimate of drug-likeness (QED) is 0.667. The maximum absolute atomic E-state index is 12.6. The molecule has 3 rings (SSSR count). The van der Waals surface area contributed by atoms with Crippen LogP contribution in [0.15, 0.2) is 43.0 Å². The molecule has 0 N–H and O–H groups in total. The van der Waals surface area contributed by atoms with Gasteiger partial charge in [0.25, 0.3) is 0 Å². The molecule has 1 amide bonds. The molecule has 1 fully saturated rings. The fourth-order valence-corrected chi connectivity index (χ4v) is 3.97. The van der Waals surface area contributed by atoms with Crippen LogP contribution in [0, 0.1) is 5.92 Å². The number of carbonyl (C=O) groups is 1. The first-order chi connectivity index (χ1) is 13.7. The predicted molar refractivity (Wildman–Crippen MR) is 110 cm³/mol. The number of hydrogen-bond acceptors (Lipinski definition) is 4. The number of aromatic nitrogens is 2. The molecule has 28 heavy (non-hydrogen) atoms. The highest BCUT2D eigenvalue weighted by atomic mass is 16.5. The lowest BCUT2D eigenvalue weighted by Gasteiger charge is -2.35. The van der Waals surface area contributed by atoms with Gasteiger partial charge >= 0.3 is 0 Å². The number of rotatable bonds is 9. The number of nitrogens with zero attached hydrogens (tertiary/aromatic N) is 4. The summed E-state index contributed by atoms with van der Waals surface area (Å²) in [7, 11) is 1.71. The molecule has 1 atom stereocenters. The van der Waals surface area contributed by atoms with Crippen molar-refractivity contribution in [1.82, 2.24) is 19.4 Å². The molecule has 0 unspecified atom stereocenters. The number of amides is 1. The first-order valence-electron chi connectivity index (χ1n) is 10.3. The van der Waals surface area contributed by atoms with Crippen LogP contribution in [0.3, 0.4) is 0 Å². The maximum Gasteiger partial charge on any atom is 0.242 e. The molecular formula is C22H32N4O2. The van der Waals surface area contributed by atoms with Gasteiger partial charge in [-0.05, 0) is 56.3 Å². The first kappa shape index (κ1) is 20.4. The number of imidazole rings is 1. The molecule has 1 aromatic carbocycles. The summed E-state index contributed by atoms with van der Waals surface area (Å²) in [4.78, 5) is 21.2. The Labute approximate surface area is 168 Å². The van der Waals surface area contributed by atoms with Gasteiger partial charge in [-0.15, -0.1) is 0 Å². The molecule has 0 spiro atoms. The summed E-state index contributed by atoms with van der Waals surface area (Å²) < 4.78 is 7.16. The maximum atomic E-state index is 12.6. The summed E-state index contributed by atoms with van der Waals surface area (Å²) in [5, 5.41) is 0. The Morgan fingerprint density at radius 3 is 3.04 bits per heavy atom. The Morgan fingerprint density at radius 1 is 1.39 bits per heavy atom. The van der Waals surface area contributed by atoms with E-state index in [0.29, 0.717) is 12.5 Å². The fraction of sp³-hybridized carbons (Fsp3) is 0.545. The zero-order valence-corrected chi connectivity index (χ0v) is 17.1. The van der Waals surface area contributed by atoms with E-state index in [-0.39, 0.29) is 5.91 Å². The van der Waals surface area contributed by atoms with Crippen molar-refractivity contribution < 1.29 is 9.53 Å². The molecule has 152 valence electrons. The van der Waals surface area contributed by atoms with Crippen LogP contribution in [-0.4, -0.2) is 65.1 Å². The van der Waals surface area contributed by atoms with Crippen molar-refractivity contribution in [2.75, 3.05) is 39.8 Å². The first-order valence-corrected chi connectivity index (χ1v) is 10.3. The SMILES string of the molecule is CCN(C[C@@H]1CCCN(CCc2cccc(OC)c2)C1)C(=O)Cn1ccnc1. The van der Waals surface area contributed by atoms with Crippen molar-refractivity contribution in [1.29, 1.82) is 0 Å². The molecule has 6 heteroatoms. The Balaban J connectivity index is 1.48.